The number of ether oxygens (including phenoxy) is 1. The monoisotopic (exact) mass is 566 g/mol. The van der Waals surface area contributed by atoms with Gasteiger partial charge in [-0.05, 0) is 66.4 Å². The fourth-order valence-corrected chi connectivity index (χ4v) is 4.90. The lowest BCUT2D eigenvalue weighted by Crippen LogP contribution is -2.29. The maximum Gasteiger partial charge on any atom is 0.416 e. The number of carbonyl (C=O) groups is 2. The molecule has 1 atom stereocenters. The molecule has 1 N–H and O–H groups in total. The molecule has 6 nitrogen and oxygen atoms in total. The summed E-state index contributed by atoms with van der Waals surface area (Å²) in [6, 6.07) is 15.0. The first-order chi connectivity index (χ1) is 19.1. The molecule has 216 valence electrons. The lowest BCUT2D eigenvalue weighted by atomic mass is 9.84. The van der Waals surface area contributed by atoms with Gasteiger partial charge in [-0.2, -0.15) is 13.2 Å². The Kier molecular flexibility index (Phi) is 7.94. The Morgan fingerprint density at radius 1 is 0.976 bits per heavy atom. The largest absolute Gasteiger partial charge is 0.507 e. The molecule has 1 heterocycles. The number of anilines is 2. The van der Waals surface area contributed by atoms with Crippen molar-refractivity contribution in [2.45, 2.75) is 45.3 Å². The van der Waals surface area contributed by atoms with Crippen LogP contribution in [0.5, 0.6) is 5.75 Å². The highest BCUT2D eigenvalue weighted by molar-refractivity contribution is 6.51. The molecule has 0 aliphatic carbocycles. The van der Waals surface area contributed by atoms with Crippen LogP contribution in [0.4, 0.5) is 24.5 Å². The number of halogens is 3. The zero-order valence-electron chi connectivity index (χ0n) is 23.8. The Morgan fingerprint density at radius 3 is 2.20 bits per heavy atom. The summed E-state index contributed by atoms with van der Waals surface area (Å²) in [5.74, 6) is -1.83. The molecule has 3 aromatic rings. The van der Waals surface area contributed by atoms with Gasteiger partial charge in [-0.3, -0.25) is 14.5 Å². The van der Waals surface area contributed by atoms with Crippen molar-refractivity contribution in [3.8, 4) is 5.75 Å². The van der Waals surface area contributed by atoms with Gasteiger partial charge in [-0.25, -0.2) is 0 Å². The van der Waals surface area contributed by atoms with E-state index < -0.39 is 35.2 Å². The van der Waals surface area contributed by atoms with Crippen LogP contribution in [0, 0.1) is 0 Å². The summed E-state index contributed by atoms with van der Waals surface area (Å²) in [5.41, 5.74) is 0.699. The SMILES string of the molecule is CCOc1ccc(/C(O)=C2/C(=O)C(=O)N(c3cccc(C(F)(F)F)c3)C2c2ccc(N(C)C)cc2)cc1C(C)(C)C. The average molecular weight is 567 g/mol. The zero-order chi connectivity index (χ0) is 30.3. The lowest BCUT2D eigenvalue weighted by Gasteiger charge is -2.27. The van der Waals surface area contributed by atoms with Crippen LogP contribution in [0.1, 0.15) is 56.0 Å². The van der Waals surface area contributed by atoms with Crippen LogP contribution in [0.3, 0.4) is 0 Å². The van der Waals surface area contributed by atoms with Crippen molar-refractivity contribution in [2.24, 2.45) is 0 Å². The van der Waals surface area contributed by atoms with Crippen molar-refractivity contribution in [3.63, 3.8) is 0 Å². The average Bonchev–Trinajstić information content (AvgIpc) is 3.17. The fourth-order valence-electron chi connectivity index (χ4n) is 4.90. The van der Waals surface area contributed by atoms with Crippen LogP contribution < -0.4 is 14.5 Å². The zero-order valence-corrected chi connectivity index (χ0v) is 23.8. The van der Waals surface area contributed by atoms with Crippen LogP contribution in [-0.4, -0.2) is 37.5 Å². The van der Waals surface area contributed by atoms with Crippen molar-refractivity contribution < 1.29 is 32.6 Å². The van der Waals surface area contributed by atoms with Crippen molar-refractivity contribution >= 4 is 28.8 Å². The summed E-state index contributed by atoms with van der Waals surface area (Å²) in [6.07, 6.45) is -4.65. The molecule has 0 spiro atoms. The summed E-state index contributed by atoms with van der Waals surface area (Å²) < 4.78 is 46.5. The molecule has 41 heavy (non-hydrogen) atoms. The first-order valence-corrected chi connectivity index (χ1v) is 13.2. The number of benzene rings is 3. The van der Waals surface area contributed by atoms with Crippen LogP contribution in [0.2, 0.25) is 0 Å². The van der Waals surface area contributed by atoms with Gasteiger partial charge in [0.1, 0.15) is 11.5 Å². The van der Waals surface area contributed by atoms with Crippen molar-refractivity contribution in [1.82, 2.24) is 0 Å². The van der Waals surface area contributed by atoms with E-state index in [9.17, 15) is 27.9 Å². The Labute approximate surface area is 237 Å². The number of hydrogen-bond acceptors (Lipinski definition) is 5. The lowest BCUT2D eigenvalue weighted by molar-refractivity contribution is -0.137. The highest BCUT2D eigenvalue weighted by Gasteiger charge is 2.47. The molecule has 1 unspecified atom stereocenters. The van der Waals surface area contributed by atoms with Crippen LogP contribution in [0.15, 0.2) is 72.3 Å². The molecule has 1 fully saturated rings. The number of alkyl halides is 3. The minimum absolute atomic E-state index is 0.107. The smallest absolute Gasteiger partial charge is 0.416 e. The predicted octanol–water partition coefficient (Wildman–Crippen LogP) is 7.09. The molecule has 0 radical (unpaired) electrons. The van der Waals surface area contributed by atoms with Crippen molar-refractivity contribution in [2.75, 3.05) is 30.5 Å². The van der Waals surface area contributed by atoms with Gasteiger partial charge in [-0.15, -0.1) is 0 Å². The molecule has 1 amide bonds. The first kappa shape index (κ1) is 29.7. The fraction of sp³-hybridized carbons (Fsp3) is 0.312. The van der Waals surface area contributed by atoms with Crippen LogP contribution >= 0.6 is 0 Å². The van der Waals surface area contributed by atoms with Crippen LogP contribution in [0.25, 0.3) is 5.76 Å². The van der Waals surface area contributed by atoms with Crippen molar-refractivity contribution in [1.29, 1.82) is 0 Å². The minimum Gasteiger partial charge on any atom is -0.507 e. The number of nitrogens with zero attached hydrogens (tertiary/aromatic N) is 2. The maximum atomic E-state index is 13.6. The molecule has 1 aliphatic heterocycles. The highest BCUT2D eigenvalue weighted by atomic mass is 19.4. The van der Waals surface area contributed by atoms with E-state index in [1.165, 1.54) is 12.1 Å². The second-order valence-electron chi connectivity index (χ2n) is 11.1. The standard InChI is InChI=1S/C32H33F3N2O4/c1-7-41-25-16-13-20(17-24(25)31(2,3)4)28(38)26-27(19-11-14-22(15-12-19)36(5)6)37(30(40)29(26)39)23-10-8-9-21(18-23)32(33,34)35/h8-18,27,38H,7H2,1-6H3/b28-26-. The Balaban J connectivity index is 1.96. The Bertz CT molecular complexity index is 1500. The second-order valence-corrected chi connectivity index (χ2v) is 11.1. The third-order valence-electron chi connectivity index (χ3n) is 6.98. The van der Waals surface area contributed by atoms with Gasteiger partial charge in [-0.1, -0.05) is 39.0 Å². The molecular formula is C32H33F3N2O4. The number of aliphatic hydroxyl groups is 1. The molecule has 1 saturated heterocycles. The number of carbonyl (C=O) groups excluding carboxylic acids is 2. The van der Waals surface area contributed by atoms with Gasteiger partial charge in [0.05, 0.1) is 23.8 Å². The number of aliphatic hydroxyl groups excluding tert-OH is 1. The summed E-state index contributed by atoms with van der Waals surface area (Å²) in [5, 5.41) is 11.6. The van der Waals surface area contributed by atoms with E-state index >= 15 is 0 Å². The van der Waals surface area contributed by atoms with Gasteiger partial charge in [0.25, 0.3) is 11.7 Å². The van der Waals surface area contributed by atoms with E-state index in [-0.39, 0.29) is 22.2 Å². The molecule has 0 aromatic heterocycles. The number of Topliss-reactive ketones (excluding diaryl/α,β-unsaturated/α-hetero) is 1. The number of hydrogen-bond donors (Lipinski definition) is 1. The Morgan fingerprint density at radius 2 is 1.63 bits per heavy atom. The van der Waals surface area contributed by atoms with E-state index in [0.29, 0.717) is 17.9 Å². The third-order valence-corrected chi connectivity index (χ3v) is 6.98. The van der Waals surface area contributed by atoms with Gasteiger partial charge < -0.3 is 14.7 Å². The normalized spacial score (nSPS) is 17.2. The third kappa shape index (κ3) is 5.80. The minimum atomic E-state index is -4.65. The van der Waals surface area contributed by atoms with Crippen molar-refractivity contribution in [3.05, 3.63) is 94.6 Å². The number of amides is 1. The molecule has 0 bridgehead atoms. The molecule has 1 aliphatic rings. The highest BCUT2D eigenvalue weighted by Crippen LogP contribution is 2.44. The van der Waals surface area contributed by atoms with Gasteiger partial charge in [0.15, 0.2) is 0 Å². The summed E-state index contributed by atoms with van der Waals surface area (Å²) in [4.78, 5) is 29.9. The van der Waals surface area contributed by atoms with Crippen LogP contribution in [-0.2, 0) is 21.2 Å². The van der Waals surface area contributed by atoms with Gasteiger partial charge in [0, 0.05) is 36.6 Å². The predicted molar refractivity (Wildman–Crippen MR) is 153 cm³/mol. The second kappa shape index (κ2) is 11.0. The van der Waals surface area contributed by atoms with E-state index in [4.69, 9.17) is 4.74 Å². The molecule has 0 saturated carbocycles. The van der Waals surface area contributed by atoms with E-state index in [1.54, 1.807) is 42.5 Å². The summed E-state index contributed by atoms with van der Waals surface area (Å²) in [6.45, 7) is 8.23. The van der Waals surface area contributed by atoms with Gasteiger partial charge >= 0.3 is 6.18 Å². The topological polar surface area (TPSA) is 70.1 Å². The molecule has 4 rings (SSSR count). The summed E-state index contributed by atoms with van der Waals surface area (Å²) >= 11 is 0. The summed E-state index contributed by atoms with van der Waals surface area (Å²) in [7, 11) is 3.70. The number of ketones is 1. The first-order valence-electron chi connectivity index (χ1n) is 13.2. The molecular weight excluding hydrogens is 533 g/mol. The van der Waals surface area contributed by atoms with E-state index in [0.717, 1.165) is 28.3 Å². The molecule has 3 aromatic carbocycles. The number of rotatable bonds is 6. The Hall–Kier alpha value is -4.27. The van der Waals surface area contributed by atoms with E-state index in [2.05, 4.69) is 0 Å². The molecule has 9 heteroatoms. The maximum absolute atomic E-state index is 13.6. The van der Waals surface area contributed by atoms with Gasteiger partial charge in [0.2, 0.25) is 0 Å². The quantitative estimate of drug-likeness (QED) is 0.196. The van der Waals surface area contributed by atoms with E-state index in [1.807, 2.05) is 46.7 Å².